The van der Waals surface area contributed by atoms with Crippen LogP contribution >= 0.6 is 0 Å². The van der Waals surface area contributed by atoms with Crippen LogP contribution in [0.1, 0.15) is 33.5 Å². The predicted octanol–water partition coefficient (Wildman–Crippen LogP) is 1.35. The first-order chi connectivity index (χ1) is 8.56. The molecule has 1 atom stereocenters. The molecule has 0 saturated carbocycles. The molecule has 0 aliphatic rings. The second kappa shape index (κ2) is 7.48. The molecule has 0 aliphatic heterocycles. The first kappa shape index (κ1) is 15.1. The van der Waals surface area contributed by atoms with Gasteiger partial charge in [0.1, 0.15) is 12.2 Å². The van der Waals surface area contributed by atoms with Crippen molar-refractivity contribution in [1.82, 2.24) is 19.7 Å². The van der Waals surface area contributed by atoms with Crippen molar-refractivity contribution in [2.75, 3.05) is 19.6 Å². The highest BCUT2D eigenvalue weighted by Crippen LogP contribution is 2.06. The van der Waals surface area contributed by atoms with Gasteiger partial charge >= 0.3 is 0 Å². The van der Waals surface area contributed by atoms with E-state index in [1.165, 1.54) is 0 Å². The SMILES string of the molecule is CCN(Cc1ncnn1CC(C)C)CC(C)CN. The normalized spacial score (nSPS) is 13.5. The van der Waals surface area contributed by atoms with Crippen LogP contribution in [-0.2, 0) is 13.1 Å². The maximum atomic E-state index is 5.68. The topological polar surface area (TPSA) is 60.0 Å². The summed E-state index contributed by atoms with van der Waals surface area (Å²) in [5.74, 6) is 2.16. The molecule has 18 heavy (non-hydrogen) atoms. The minimum absolute atomic E-state index is 0.520. The fourth-order valence-electron chi connectivity index (χ4n) is 1.93. The minimum Gasteiger partial charge on any atom is -0.330 e. The molecule has 1 heterocycles. The van der Waals surface area contributed by atoms with Gasteiger partial charge in [-0.2, -0.15) is 5.10 Å². The smallest absolute Gasteiger partial charge is 0.141 e. The molecule has 0 fully saturated rings. The first-order valence-corrected chi connectivity index (χ1v) is 6.85. The van der Waals surface area contributed by atoms with Gasteiger partial charge in [-0.3, -0.25) is 4.90 Å². The first-order valence-electron chi connectivity index (χ1n) is 6.85. The van der Waals surface area contributed by atoms with Gasteiger partial charge in [-0.15, -0.1) is 0 Å². The Kier molecular flexibility index (Phi) is 6.29. The Morgan fingerprint density at radius 3 is 2.67 bits per heavy atom. The molecule has 1 aromatic heterocycles. The number of nitrogens with two attached hydrogens (primary N) is 1. The van der Waals surface area contributed by atoms with Crippen molar-refractivity contribution in [3.8, 4) is 0 Å². The van der Waals surface area contributed by atoms with Crippen LogP contribution < -0.4 is 5.73 Å². The lowest BCUT2D eigenvalue weighted by Gasteiger charge is -2.23. The molecule has 0 aromatic carbocycles. The van der Waals surface area contributed by atoms with Gasteiger partial charge in [0, 0.05) is 13.1 Å². The zero-order chi connectivity index (χ0) is 13.5. The van der Waals surface area contributed by atoms with Gasteiger partial charge in [0.05, 0.1) is 6.54 Å². The quantitative estimate of drug-likeness (QED) is 0.760. The maximum Gasteiger partial charge on any atom is 0.141 e. The van der Waals surface area contributed by atoms with Crippen molar-refractivity contribution in [2.24, 2.45) is 17.6 Å². The lowest BCUT2D eigenvalue weighted by molar-refractivity contribution is 0.232. The molecule has 2 N–H and O–H groups in total. The molecule has 0 spiro atoms. The third-order valence-corrected chi connectivity index (χ3v) is 3.02. The van der Waals surface area contributed by atoms with Crippen LogP contribution in [0.5, 0.6) is 0 Å². The van der Waals surface area contributed by atoms with Crippen LogP contribution in [0.15, 0.2) is 6.33 Å². The number of nitrogens with zero attached hydrogens (tertiary/aromatic N) is 4. The molecular formula is C13H27N5. The van der Waals surface area contributed by atoms with Crippen LogP contribution in [0.2, 0.25) is 0 Å². The van der Waals surface area contributed by atoms with Crippen molar-refractivity contribution in [3.63, 3.8) is 0 Å². The standard InChI is InChI=1S/C13H27N5/c1-5-17(8-12(4)6-14)9-13-15-10-16-18(13)7-11(2)3/h10-12H,5-9,14H2,1-4H3. The fraction of sp³-hybridized carbons (Fsp3) is 0.846. The summed E-state index contributed by atoms with van der Waals surface area (Å²) in [4.78, 5) is 6.74. The molecule has 0 radical (unpaired) electrons. The van der Waals surface area contributed by atoms with E-state index in [1.54, 1.807) is 6.33 Å². The van der Waals surface area contributed by atoms with E-state index in [4.69, 9.17) is 5.73 Å². The van der Waals surface area contributed by atoms with Crippen molar-refractivity contribution in [1.29, 1.82) is 0 Å². The third-order valence-electron chi connectivity index (χ3n) is 3.02. The summed E-state index contributed by atoms with van der Waals surface area (Å²) >= 11 is 0. The van der Waals surface area contributed by atoms with Gasteiger partial charge in [0.2, 0.25) is 0 Å². The maximum absolute atomic E-state index is 5.68. The highest BCUT2D eigenvalue weighted by molar-refractivity contribution is 4.85. The van der Waals surface area contributed by atoms with E-state index in [-0.39, 0.29) is 0 Å². The Morgan fingerprint density at radius 2 is 2.11 bits per heavy atom. The van der Waals surface area contributed by atoms with E-state index in [0.29, 0.717) is 11.8 Å². The third kappa shape index (κ3) is 4.74. The molecule has 0 bridgehead atoms. The van der Waals surface area contributed by atoms with Crippen LogP contribution in [0.25, 0.3) is 0 Å². The van der Waals surface area contributed by atoms with Gasteiger partial charge in [0.15, 0.2) is 0 Å². The number of hydrogen-bond donors (Lipinski definition) is 1. The Balaban J connectivity index is 2.61. The zero-order valence-corrected chi connectivity index (χ0v) is 12.1. The molecule has 104 valence electrons. The molecule has 1 unspecified atom stereocenters. The molecule has 5 heteroatoms. The molecular weight excluding hydrogens is 226 g/mol. The summed E-state index contributed by atoms with van der Waals surface area (Å²) in [6.07, 6.45) is 1.65. The second-order valence-electron chi connectivity index (χ2n) is 5.42. The minimum atomic E-state index is 0.520. The van der Waals surface area contributed by atoms with Gasteiger partial charge in [-0.05, 0) is 24.9 Å². The van der Waals surface area contributed by atoms with E-state index < -0.39 is 0 Å². The van der Waals surface area contributed by atoms with E-state index in [9.17, 15) is 0 Å². The number of rotatable bonds is 8. The highest BCUT2D eigenvalue weighted by Gasteiger charge is 2.12. The Labute approximate surface area is 110 Å². The highest BCUT2D eigenvalue weighted by atomic mass is 15.3. The lowest BCUT2D eigenvalue weighted by Crippen LogP contribution is -2.32. The van der Waals surface area contributed by atoms with Crippen molar-refractivity contribution >= 4 is 0 Å². The van der Waals surface area contributed by atoms with E-state index in [1.807, 2.05) is 4.68 Å². The Bertz CT molecular complexity index is 334. The second-order valence-corrected chi connectivity index (χ2v) is 5.42. The fourth-order valence-corrected chi connectivity index (χ4v) is 1.93. The number of aromatic nitrogens is 3. The van der Waals surface area contributed by atoms with E-state index >= 15 is 0 Å². The summed E-state index contributed by atoms with van der Waals surface area (Å²) in [6.45, 7) is 13.3. The van der Waals surface area contributed by atoms with Gasteiger partial charge < -0.3 is 5.73 Å². The van der Waals surface area contributed by atoms with Gasteiger partial charge in [-0.25, -0.2) is 9.67 Å². The van der Waals surface area contributed by atoms with E-state index in [2.05, 4.69) is 42.7 Å². The summed E-state index contributed by atoms with van der Waals surface area (Å²) < 4.78 is 2.01. The molecule has 0 aliphatic carbocycles. The molecule has 0 saturated heterocycles. The zero-order valence-electron chi connectivity index (χ0n) is 12.1. The van der Waals surface area contributed by atoms with Crippen LogP contribution in [0.3, 0.4) is 0 Å². The predicted molar refractivity (Wildman–Crippen MR) is 74.0 cm³/mol. The van der Waals surface area contributed by atoms with E-state index in [0.717, 1.165) is 38.5 Å². The van der Waals surface area contributed by atoms with Gasteiger partial charge in [-0.1, -0.05) is 27.7 Å². The van der Waals surface area contributed by atoms with Crippen LogP contribution in [0.4, 0.5) is 0 Å². The Morgan fingerprint density at radius 1 is 1.39 bits per heavy atom. The number of hydrogen-bond acceptors (Lipinski definition) is 4. The molecule has 1 rings (SSSR count). The summed E-state index contributed by atoms with van der Waals surface area (Å²) in [7, 11) is 0. The molecule has 5 nitrogen and oxygen atoms in total. The lowest BCUT2D eigenvalue weighted by atomic mass is 10.1. The monoisotopic (exact) mass is 253 g/mol. The average molecular weight is 253 g/mol. The van der Waals surface area contributed by atoms with Crippen LogP contribution in [0, 0.1) is 11.8 Å². The van der Waals surface area contributed by atoms with Crippen molar-refractivity contribution in [2.45, 2.75) is 40.8 Å². The van der Waals surface area contributed by atoms with Gasteiger partial charge in [0.25, 0.3) is 0 Å². The Hall–Kier alpha value is -0.940. The van der Waals surface area contributed by atoms with Crippen molar-refractivity contribution < 1.29 is 0 Å². The molecule has 0 amide bonds. The summed E-state index contributed by atoms with van der Waals surface area (Å²) in [6, 6.07) is 0. The summed E-state index contributed by atoms with van der Waals surface area (Å²) in [5, 5.41) is 4.30. The molecule has 1 aromatic rings. The van der Waals surface area contributed by atoms with Crippen LogP contribution in [-0.4, -0.2) is 39.3 Å². The largest absolute Gasteiger partial charge is 0.330 e. The average Bonchev–Trinajstić information content (AvgIpc) is 2.74. The summed E-state index contributed by atoms with van der Waals surface area (Å²) in [5.41, 5.74) is 5.68. The van der Waals surface area contributed by atoms with Crippen molar-refractivity contribution in [3.05, 3.63) is 12.2 Å².